The lowest BCUT2D eigenvalue weighted by Gasteiger charge is -2.15. The summed E-state index contributed by atoms with van der Waals surface area (Å²) in [6, 6.07) is 12.4. The maximum absolute atomic E-state index is 12.1. The predicted molar refractivity (Wildman–Crippen MR) is 86.4 cm³/mol. The second-order valence-corrected chi connectivity index (χ2v) is 5.51. The van der Waals surface area contributed by atoms with Gasteiger partial charge >= 0.3 is 0 Å². The Labute approximate surface area is 133 Å². The molecule has 0 fully saturated rings. The number of amides is 1. The molecule has 0 heterocycles. The lowest BCUT2D eigenvalue weighted by molar-refractivity contribution is -0.122. The monoisotopic (exact) mass is 323 g/mol. The highest BCUT2D eigenvalue weighted by Crippen LogP contribution is 2.25. The standard InChI is InChI=1S/C16H15Cl2NO2/c1-10-3-6-13(7-4-10)21-11(2)16(20)19-12-5-8-14(17)15(18)9-12/h3-9,11H,1-2H3,(H,19,20). The van der Waals surface area contributed by atoms with Crippen molar-refractivity contribution in [2.45, 2.75) is 20.0 Å². The van der Waals surface area contributed by atoms with E-state index in [4.69, 9.17) is 27.9 Å². The number of nitrogens with one attached hydrogen (secondary N) is 1. The fourth-order valence-electron chi connectivity index (χ4n) is 1.69. The van der Waals surface area contributed by atoms with E-state index in [2.05, 4.69) is 5.32 Å². The predicted octanol–water partition coefficient (Wildman–Crippen LogP) is 4.71. The Morgan fingerprint density at radius 2 is 1.76 bits per heavy atom. The Hall–Kier alpha value is -1.71. The van der Waals surface area contributed by atoms with E-state index in [0.717, 1.165) is 5.56 Å². The summed E-state index contributed by atoms with van der Waals surface area (Å²) >= 11 is 11.7. The first-order valence-corrected chi connectivity index (χ1v) is 7.20. The van der Waals surface area contributed by atoms with Crippen LogP contribution in [0.1, 0.15) is 12.5 Å². The molecule has 0 aromatic heterocycles. The molecule has 2 rings (SSSR count). The normalized spacial score (nSPS) is 11.8. The van der Waals surface area contributed by atoms with Gasteiger partial charge in [-0.05, 0) is 44.2 Å². The first-order chi connectivity index (χ1) is 9.95. The molecule has 3 nitrogen and oxygen atoms in total. The van der Waals surface area contributed by atoms with Gasteiger partial charge in [0.05, 0.1) is 10.0 Å². The van der Waals surface area contributed by atoms with Crippen molar-refractivity contribution in [3.05, 3.63) is 58.1 Å². The first kappa shape index (κ1) is 15.7. The zero-order valence-electron chi connectivity index (χ0n) is 11.7. The highest BCUT2D eigenvalue weighted by atomic mass is 35.5. The lowest BCUT2D eigenvalue weighted by Crippen LogP contribution is -2.30. The summed E-state index contributed by atoms with van der Waals surface area (Å²) in [7, 11) is 0. The van der Waals surface area contributed by atoms with E-state index >= 15 is 0 Å². The van der Waals surface area contributed by atoms with Crippen LogP contribution >= 0.6 is 23.2 Å². The number of aryl methyl sites for hydroxylation is 1. The molecule has 5 heteroatoms. The zero-order chi connectivity index (χ0) is 15.4. The van der Waals surface area contributed by atoms with Crippen LogP contribution in [0.5, 0.6) is 5.75 Å². The third-order valence-electron chi connectivity index (χ3n) is 2.89. The molecule has 0 spiro atoms. The van der Waals surface area contributed by atoms with Crippen LogP contribution in [0.3, 0.4) is 0 Å². The highest BCUT2D eigenvalue weighted by Gasteiger charge is 2.15. The topological polar surface area (TPSA) is 38.3 Å². The van der Waals surface area contributed by atoms with Gasteiger partial charge in [0, 0.05) is 5.69 Å². The van der Waals surface area contributed by atoms with Gasteiger partial charge in [0.15, 0.2) is 6.10 Å². The molecular weight excluding hydrogens is 309 g/mol. The van der Waals surface area contributed by atoms with E-state index in [9.17, 15) is 4.79 Å². The Bertz CT molecular complexity index is 641. The van der Waals surface area contributed by atoms with Crippen molar-refractivity contribution in [2.24, 2.45) is 0 Å². The second-order valence-electron chi connectivity index (χ2n) is 4.69. The van der Waals surface area contributed by atoms with Crippen molar-refractivity contribution in [1.29, 1.82) is 0 Å². The molecule has 0 saturated heterocycles. The zero-order valence-corrected chi connectivity index (χ0v) is 13.2. The Balaban J connectivity index is 1.98. The van der Waals surface area contributed by atoms with Gasteiger partial charge < -0.3 is 10.1 Å². The number of ether oxygens (including phenoxy) is 1. The number of rotatable bonds is 4. The van der Waals surface area contributed by atoms with Crippen LogP contribution in [0.4, 0.5) is 5.69 Å². The third kappa shape index (κ3) is 4.38. The number of anilines is 1. The lowest BCUT2D eigenvalue weighted by atomic mass is 10.2. The number of carbonyl (C=O) groups is 1. The summed E-state index contributed by atoms with van der Waals surface area (Å²) in [5.41, 5.74) is 1.71. The van der Waals surface area contributed by atoms with Gasteiger partial charge in [0.1, 0.15) is 5.75 Å². The van der Waals surface area contributed by atoms with Crippen molar-refractivity contribution in [2.75, 3.05) is 5.32 Å². The summed E-state index contributed by atoms with van der Waals surface area (Å²) in [6.45, 7) is 3.68. The molecule has 21 heavy (non-hydrogen) atoms. The second kappa shape index (κ2) is 6.83. The molecule has 1 atom stereocenters. The Morgan fingerprint density at radius 3 is 2.38 bits per heavy atom. The van der Waals surface area contributed by atoms with Crippen LogP contribution in [0.15, 0.2) is 42.5 Å². The molecule has 0 aliphatic rings. The van der Waals surface area contributed by atoms with Crippen LogP contribution in [-0.4, -0.2) is 12.0 Å². The summed E-state index contributed by atoms with van der Waals surface area (Å²) in [6.07, 6.45) is -0.623. The molecule has 0 aliphatic heterocycles. The average molecular weight is 324 g/mol. The maximum atomic E-state index is 12.1. The smallest absolute Gasteiger partial charge is 0.265 e. The minimum absolute atomic E-state index is 0.256. The molecular formula is C16H15Cl2NO2. The van der Waals surface area contributed by atoms with E-state index in [1.54, 1.807) is 25.1 Å². The number of carbonyl (C=O) groups excluding carboxylic acids is 1. The van der Waals surface area contributed by atoms with Gasteiger partial charge in [-0.3, -0.25) is 4.79 Å². The van der Waals surface area contributed by atoms with Crippen molar-refractivity contribution in [1.82, 2.24) is 0 Å². The molecule has 0 radical (unpaired) electrons. The van der Waals surface area contributed by atoms with E-state index in [-0.39, 0.29) is 5.91 Å². The third-order valence-corrected chi connectivity index (χ3v) is 3.63. The molecule has 1 unspecified atom stereocenters. The minimum atomic E-state index is -0.623. The van der Waals surface area contributed by atoms with Gasteiger partial charge in [-0.15, -0.1) is 0 Å². The van der Waals surface area contributed by atoms with E-state index in [1.807, 2.05) is 31.2 Å². The molecule has 1 N–H and O–H groups in total. The SMILES string of the molecule is Cc1ccc(OC(C)C(=O)Nc2ccc(Cl)c(Cl)c2)cc1. The molecule has 2 aromatic carbocycles. The quantitative estimate of drug-likeness (QED) is 0.885. The Kier molecular flexibility index (Phi) is 5.10. The molecule has 0 aliphatic carbocycles. The Morgan fingerprint density at radius 1 is 1.10 bits per heavy atom. The molecule has 110 valence electrons. The highest BCUT2D eigenvalue weighted by molar-refractivity contribution is 6.42. The fourth-order valence-corrected chi connectivity index (χ4v) is 1.99. The summed E-state index contributed by atoms with van der Waals surface area (Å²) in [4.78, 5) is 12.1. The van der Waals surface area contributed by atoms with Crippen LogP contribution < -0.4 is 10.1 Å². The number of hydrogen-bond acceptors (Lipinski definition) is 2. The summed E-state index contributed by atoms with van der Waals surface area (Å²) in [5.74, 6) is 0.395. The summed E-state index contributed by atoms with van der Waals surface area (Å²) in [5, 5.41) is 3.57. The van der Waals surface area contributed by atoms with Crippen LogP contribution in [0.2, 0.25) is 10.0 Å². The number of benzene rings is 2. The van der Waals surface area contributed by atoms with Crippen LogP contribution in [-0.2, 0) is 4.79 Å². The van der Waals surface area contributed by atoms with Crippen LogP contribution in [0, 0.1) is 6.92 Å². The maximum Gasteiger partial charge on any atom is 0.265 e. The van der Waals surface area contributed by atoms with Gasteiger partial charge in [-0.2, -0.15) is 0 Å². The number of halogens is 2. The van der Waals surface area contributed by atoms with E-state index in [0.29, 0.717) is 21.5 Å². The van der Waals surface area contributed by atoms with Gasteiger partial charge in [0.2, 0.25) is 0 Å². The van der Waals surface area contributed by atoms with Crippen molar-refractivity contribution in [3.8, 4) is 5.75 Å². The molecule has 0 saturated carbocycles. The van der Waals surface area contributed by atoms with Gasteiger partial charge in [-0.1, -0.05) is 40.9 Å². The minimum Gasteiger partial charge on any atom is -0.481 e. The molecule has 0 bridgehead atoms. The van der Waals surface area contributed by atoms with Gasteiger partial charge in [0.25, 0.3) is 5.91 Å². The summed E-state index contributed by atoms with van der Waals surface area (Å²) < 4.78 is 5.59. The fraction of sp³-hybridized carbons (Fsp3) is 0.188. The van der Waals surface area contributed by atoms with Crippen molar-refractivity contribution < 1.29 is 9.53 Å². The van der Waals surface area contributed by atoms with Crippen molar-refractivity contribution >= 4 is 34.8 Å². The first-order valence-electron chi connectivity index (χ1n) is 6.45. The molecule has 1 amide bonds. The number of hydrogen-bond donors (Lipinski definition) is 1. The van der Waals surface area contributed by atoms with Gasteiger partial charge in [-0.25, -0.2) is 0 Å². The largest absolute Gasteiger partial charge is 0.481 e. The van der Waals surface area contributed by atoms with E-state index in [1.165, 1.54) is 0 Å². The molecule has 2 aromatic rings. The van der Waals surface area contributed by atoms with Crippen LogP contribution in [0.25, 0.3) is 0 Å². The van der Waals surface area contributed by atoms with E-state index < -0.39 is 6.10 Å². The van der Waals surface area contributed by atoms with Crippen molar-refractivity contribution in [3.63, 3.8) is 0 Å². The average Bonchev–Trinajstić information content (AvgIpc) is 2.45.